The number of methoxy groups -OCH3 is 2. The van der Waals surface area contributed by atoms with Gasteiger partial charge in [0, 0.05) is 32.2 Å². The number of hydrogen-bond donors (Lipinski definition) is 2. The van der Waals surface area contributed by atoms with Crippen molar-refractivity contribution in [1.82, 2.24) is 16.0 Å². The van der Waals surface area contributed by atoms with Gasteiger partial charge in [-0.1, -0.05) is 4.94 Å². The van der Waals surface area contributed by atoms with Crippen molar-refractivity contribution in [3.8, 4) is 0 Å². The van der Waals surface area contributed by atoms with E-state index in [1.807, 2.05) is 5.59 Å². The number of hydrazine groups is 1. The van der Waals surface area contributed by atoms with E-state index in [9.17, 15) is 9.70 Å². The first-order valence-electron chi connectivity index (χ1n) is 7.56. The summed E-state index contributed by atoms with van der Waals surface area (Å²) in [6.45, 7) is -0.131. The summed E-state index contributed by atoms with van der Waals surface area (Å²) < 4.78 is 25.5. The Bertz CT molecular complexity index is 716. The van der Waals surface area contributed by atoms with E-state index in [-0.39, 0.29) is 35.7 Å². The lowest BCUT2D eigenvalue weighted by Gasteiger charge is -2.14. The van der Waals surface area contributed by atoms with Crippen molar-refractivity contribution < 1.29 is 38.0 Å². The molecule has 12 heteroatoms. The van der Waals surface area contributed by atoms with Crippen LogP contribution < -0.4 is 11.0 Å². The zero-order valence-corrected chi connectivity index (χ0v) is 14.6. The molecule has 0 aliphatic rings. The number of hydrogen-bond acceptors (Lipinski definition) is 10. The molecule has 27 heavy (non-hydrogen) atoms. The number of amides is 1. The standard InChI is InChI=1S/C15H18N4O8/c1-22-9-24-15(25-10-23-2)12-5-6-13(26-12)19(21)27-18-17-14(20)11-4-3-7-16-8-11/h3-8,15,18H,9-10H2,1-2H3/p+1. The number of carbonyl (C=O) groups excluding carboxylic acids is 1. The first kappa shape index (κ1) is 20.4. The van der Waals surface area contributed by atoms with Gasteiger partial charge in [-0.2, -0.15) is 0 Å². The van der Waals surface area contributed by atoms with E-state index in [0.29, 0.717) is 0 Å². The van der Waals surface area contributed by atoms with E-state index in [1.165, 1.54) is 44.8 Å². The molecule has 0 saturated heterocycles. The van der Waals surface area contributed by atoms with Gasteiger partial charge in [-0.25, -0.2) is 5.43 Å². The summed E-state index contributed by atoms with van der Waals surface area (Å²) in [6.07, 6.45) is 1.92. The fourth-order valence-electron chi connectivity index (χ4n) is 1.76. The first-order valence-corrected chi connectivity index (χ1v) is 7.56. The van der Waals surface area contributed by atoms with Crippen LogP contribution in [0.25, 0.3) is 0 Å². The molecule has 0 fully saturated rings. The fourth-order valence-corrected chi connectivity index (χ4v) is 1.76. The van der Waals surface area contributed by atoms with Gasteiger partial charge in [0.1, 0.15) is 13.6 Å². The van der Waals surface area contributed by atoms with Crippen LogP contribution in [-0.4, -0.2) is 43.6 Å². The highest BCUT2D eigenvalue weighted by Gasteiger charge is 2.27. The normalized spacial score (nSPS) is 10.8. The van der Waals surface area contributed by atoms with Gasteiger partial charge in [0.05, 0.1) is 16.5 Å². The molecule has 0 spiro atoms. The van der Waals surface area contributed by atoms with Gasteiger partial charge in [-0.3, -0.25) is 9.78 Å². The minimum Gasteiger partial charge on any atom is -0.397 e. The third-order valence-electron chi connectivity index (χ3n) is 2.92. The molecule has 2 aromatic rings. The molecule has 2 N–H and O–H groups in total. The molecule has 2 aromatic heterocycles. The topological polar surface area (TPSA) is 133 Å². The number of aromatic nitrogens is 1. The summed E-state index contributed by atoms with van der Waals surface area (Å²) >= 11 is 0. The van der Waals surface area contributed by atoms with Gasteiger partial charge in [0.25, 0.3) is 5.91 Å². The van der Waals surface area contributed by atoms with E-state index in [4.69, 9.17) is 23.4 Å². The van der Waals surface area contributed by atoms with Crippen LogP contribution in [0.5, 0.6) is 0 Å². The molecular weight excluding hydrogens is 364 g/mol. The second-order valence-electron chi connectivity index (χ2n) is 4.80. The predicted octanol–water partition coefficient (Wildman–Crippen LogP) is 1.11. The average molecular weight is 383 g/mol. The number of pyridine rings is 1. The molecule has 0 unspecified atom stereocenters. The third kappa shape index (κ3) is 6.40. The Morgan fingerprint density at radius 3 is 2.59 bits per heavy atom. The summed E-state index contributed by atoms with van der Waals surface area (Å²) in [7, 11) is 2.89. The van der Waals surface area contributed by atoms with Gasteiger partial charge in [-0.05, 0) is 18.2 Å². The van der Waals surface area contributed by atoms with E-state index in [2.05, 4.69) is 15.3 Å². The molecule has 0 saturated carbocycles. The second-order valence-corrected chi connectivity index (χ2v) is 4.80. The summed E-state index contributed by atoms with van der Waals surface area (Å²) in [6, 6.07) is 5.91. The van der Waals surface area contributed by atoms with Crippen molar-refractivity contribution >= 4 is 11.8 Å². The van der Waals surface area contributed by atoms with Crippen LogP contribution in [0.3, 0.4) is 0 Å². The molecule has 0 atom stereocenters. The van der Waals surface area contributed by atoms with Crippen molar-refractivity contribution in [2.45, 2.75) is 6.29 Å². The smallest absolute Gasteiger partial charge is 0.397 e. The van der Waals surface area contributed by atoms with Crippen LogP contribution in [-0.2, 0) is 23.9 Å². The predicted molar refractivity (Wildman–Crippen MR) is 86.6 cm³/mol. The number of nitrogens with one attached hydrogen (secondary N) is 2. The maximum absolute atomic E-state index is 11.9. The van der Waals surface area contributed by atoms with Crippen molar-refractivity contribution in [3.05, 3.63) is 52.9 Å². The largest absolute Gasteiger partial charge is 0.482 e. The SMILES string of the molecule is COCOC(OCOC)c1ccc([N+](=O)ONNC(=O)c2cccnc2)o1. The Labute approximate surface area is 153 Å². The summed E-state index contributed by atoms with van der Waals surface area (Å²) in [4.78, 5) is 32.1. The lowest BCUT2D eigenvalue weighted by atomic mass is 10.3. The maximum Gasteiger partial charge on any atom is 0.482 e. The number of furan rings is 1. The minimum atomic E-state index is -0.953. The highest BCUT2D eigenvalue weighted by Crippen LogP contribution is 2.25. The average Bonchev–Trinajstić information content (AvgIpc) is 3.19. The van der Waals surface area contributed by atoms with Gasteiger partial charge < -0.3 is 23.4 Å². The molecular formula is C15H19N4O8+. The van der Waals surface area contributed by atoms with Crippen molar-refractivity contribution in [1.29, 1.82) is 0 Å². The fraction of sp³-hybridized carbons (Fsp3) is 0.333. The van der Waals surface area contributed by atoms with Crippen LogP contribution in [0.15, 0.2) is 41.1 Å². The van der Waals surface area contributed by atoms with Crippen LogP contribution in [0, 0.1) is 4.91 Å². The molecule has 0 aliphatic carbocycles. The lowest BCUT2D eigenvalue weighted by Crippen LogP contribution is -2.38. The molecule has 2 rings (SSSR count). The third-order valence-corrected chi connectivity index (χ3v) is 2.92. The van der Waals surface area contributed by atoms with Crippen LogP contribution in [0.4, 0.5) is 5.88 Å². The Hall–Kier alpha value is -2.90. The van der Waals surface area contributed by atoms with Crippen molar-refractivity contribution in [2.24, 2.45) is 0 Å². The second kappa shape index (κ2) is 10.9. The van der Waals surface area contributed by atoms with Crippen molar-refractivity contribution in [2.75, 3.05) is 27.8 Å². The van der Waals surface area contributed by atoms with E-state index in [1.54, 1.807) is 6.07 Å². The quantitative estimate of drug-likeness (QED) is 0.405. The highest BCUT2D eigenvalue weighted by atomic mass is 16.9. The Morgan fingerprint density at radius 2 is 1.96 bits per heavy atom. The van der Waals surface area contributed by atoms with Crippen molar-refractivity contribution in [3.63, 3.8) is 0 Å². The lowest BCUT2D eigenvalue weighted by molar-refractivity contribution is -0.773. The molecule has 0 aromatic carbocycles. The number of carbonyl (C=O) groups is 1. The molecule has 2 heterocycles. The van der Waals surface area contributed by atoms with Gasteiger partial charge in [0.2, 0.25) is 6.29 Å². The van der Waals surface area contributed by atoms with Crippen LogP contribution in [0.2, 0.25) is 0 Å². The number of ether oxygens (including phenoxy) is 4. The summed E-state index contributed by atoms with van der Waals surface area (Å²) in [5, 5.41) is 0. The molecule has 1 amide bonds. The van der Waals surface area contributed by atoms with E-state index < -0.39 is 12.2 Å². The van der Waals surface area contributed by atoms with Gasteiger partial charge in [-0.15, -0.1) is 0 Å². The maximum atomic E-state index is 11.9. The molecule has 0 bridgehead atoms. The zero-order chi connectivity index (χ0) is 19.5. The molecule has 12 nitrogen and oxygen atoms in total. The van der Waals surface area contributed by atoms with Gasteiger partial charge in [0.15, 0.2) is 5.76 Å². The zero-order valence-electron chi connectivity index (χ0n) is 14.6. The van der Waals surface area contributed by atoms with Crippen LogP contribution in [0.1, 0.15) is 22.4 Å². The Morgan fingerprint density at radius 1 is 1.22 bits per heavy atom. The molecule has 146 valence electrons. The van der Waals surface area contributed by atoms with E-state index in [0.717, 1.165) is 0 Å². The Balaban J connectivity index is 1.86. The minimum absolute atomic E-state index is 0.0106. The monoisotopic (exact) mass is 383 g/mol. The summed E-state index contributed by atoms with van der Waals surface area (Å²) in [5.74, 6) is -0.583. The van der Waals surface area contributed by atoms with Crippen LogP contribution >= 0.6 is 0 Å². The summed E-state index contributed by atoms with van der Waals surface area (Å²) in [5.41, 5.74) is 4.46. The highest BCUT2D eigenvalue weighted by molar-refractivity contribution is 5.93. The molecule has 0 aliphatic heterocycles. The van der Waals surface area contributed by atoms with E-state index >= 15 is 0 Å². The number of rotatable bonds is 12. The molecule has 0 radical (unpaired) electrons. The number of nitrogens with zero attached hydrogens (tertiary/aromatic N) is 2. The first-order chi connectivity index (χ1) is 13.2. The Kier molecular flexibility index (Phi) is 8.28. The van der Waals surface area contributed by atoms with Gasteiger partial charge >= 0.3 is 10.8 Å².